The normalized spacial score (nSPS) is 37.1. The van der Waals surface area contributed by atoms with Crippen molar-refractivity contribution in [3.63, 3.8) is 0 Å². The maximum atomic E-state index is 14.1. The van der Waals surface area contributed by atoms with Gasteiger partial charge in [0.2, 0.25) is 11.8 Å². The van der Waals surface area contributed by atoms with Crippen LogP contribution < -0.4 is 0 Å². The number of unbranched alkanes of at least 4 members (excludes halogenated alkanes) is 1. The number of carbonyl (C=O) groups excluding carboxylic acids is 3. The Labute approximate surface area is 201 Å². The van der Waals surface area contributed by atoms with Crippen LogP contribution in [0.1, 0.15) is 59.8 Å². The van der Waals surface area contributed by atoms with Crippen molar-refractivity contribution in [3.05, 3.63) is 24.3 Å². The number of carbonyl (C=O) groups is 3. The number of nitrogens with zero attached hydrogens (tertiary/aromatic N) is 2. The summed E-state index contributed by atoms with van der Waals surface area (Å²) in [6.45, 7) is 8.78. The molecule has 4 aliphatic heterocycles. The van der Waals surface area contributed by atoms with E-state index < -0.39 is 40.6 Å². The lowest BCUT2D eigenvalue weighted by atomic mass is 9.74. The first-order valence-corrected chi connectivity index (χ1v) is 12.5. The fourth-order valence-electron chi connectivity index (χ4n) is 6.03. The molecule has 5 atom stereocenters. The summed E-state index contributed by atoms with van der Waals surface area (Å²) in [6, 6.07) is -0.877. The van der Waals surface area contributed by atoms with Crippen molar-refractivity contribution in [1.29, 1.82) is 0 Å². The van der Waals surface area contributed by atoms with Crippen LogP contribution in [0, 0.1) is 11.8 Å². The van der Waals surface area contributed by atoms with E-state index in [1.54, 1.807) is 9.80 Å². The summed E-state index contributed by atoms with van der Waals surface area (Å²) in [5, 5.41) is 9.29. The number of rotatable bonds is 4. The lowest BCUT2D eigenvalue weighted by Crippen LogP contribution is -2.59. The Morgan fingerprint density at radius 1 is 1.06 bits per heavy atom. The molecule has 0 saturated carbocycles. The molecule has 2 saturated heterocycles. The number of amides is 2. The largest absolute Gasteiger partial charge is 0.465 e. The molecule has 0 radical (unpaired) electrons. The molecule has 4 aliphatic rings. The summed E-state index contributed by atoms with van der Waals surface area (Å²) < 4.78 is 12.4. The van der Waals surface area contributed by atoms with E-state index in [-0.39, 0.29) is 18.4 Å². The Bertz CT molecular complexity index is 892. The summed E-state index contributed by atoms with van der Waals surface area (Å²) in [5.41, 5.74) is -2.78. The number of aliphatic hydroxyl groups is 1. The molecule has 0 aromatic rings. The number of ether oxygens (including phenoxy) is 2. The molecule has 34 heavy (non-hydrogen) atoms. The highest BCUT2D eigenvalue weighted by Gasteiger charge is 2.74. The molecule has 4 rings (SSSR count). The SMILES string of the molecule is CC(C)(C)N1CC=C[C@]23O[C@@]4(C)/C=C\CCCCOC(=O)[C@H]4[C@H]2C(=O)N(CCCCO)C3C1=O. The third-order valence-electron chi connectivity index (χ3n) is 7.62. The minimum atomic E-state index is -1.26. The van der Waals surface area contributed by atoms with Crippen molar-refractivity contribution in [2.75, 3.05) is 26.3 Å². The van der Waals surface area contributed by atoms with Crippen LogP contribution in [-0.4, -0.2) is 81.8 Å². The lowest BCUT2D eigenvalue weighted by Gasteiger charge is -2.41. The topological polar surface area (TPSA) is 96.4 Å². The van der Waals surface area contributed by atoms with Gasteiger partial charge in [-0.3, -0.25) is 14.4 Å². The van der Waals surface area contributed by atoms with Gasteiger partial charge in [0.1, 0.15) is 17.6 Å². The minimum Gasteiger partial charge on any atom is -0.465 e. The maximum absolute atomic E-state index is 14.1. The molecule has 8 heteroatoms. The van der Waals surface area contributed by atoms with E-state index in [1.165, 1.54) is 0 Å². The molecule has 0 aromatic heterocycles. The third kappa shape index (κ3) is 3.98. The summed E-state index contributed by atoms with van der Waals surface area (Å²) in [6.07, 6.45) is 11.2. The molecular weight excluding hydrogens is 436 g/mol. The molecule has 0 bridgehead atoms. The van der Waals surface area contributed by atoms with Crippen molar-refractivity contribution in [1.82, 2.24) is 9.80 Å². The number of allylic oxidation sites excluding steroid dienone is 1. The van der Waals surface area contributed by atoms with Crippen LogP contribution in [-0.2, 0) is 23.9 Å². The number of esters is 1. The third-order valence-corrected chi connectivity index (χ3v) is 7.62. The van der Waals surface area contributed by atoms with Gasteiger partial charge >= 0.3 is 5.97 Å². The summed E-state index contributed by atoms with van der Waals surface area (Å²) in [4.78, 5) is 44.8. The summed E-state index contributed by atoms with van der Waals surface area (Å²) in [5.74, 6) is -2.58. The first kappa shape index (κ1) is 24.9. The van der Waals surface area contributed by atoms with Crippen LogP contribution in [0.4, 0.5) is 0 Å². The molecule has 188 valence electrons. The highest BCUT2D eigenvalue weighted by Crippen LogP contribution is 2.57. The van der Waals surface area contributed by atoms with E-state index in [4.69, 9.17) is 9.47 Å². The van der Waals surface area contributed by atoms with Crippen LogP contribution in [0.3, 0.4) is 0 Å². The van der Waals surface area contributed by atoms with Gasteiger partial charge in [-0.05, 0) is 59.8 Å². The minimum absolute atomic E-state index is 0.0115. The van der Waals surface area contributed by atoms with Gasteiger partial charge < -0.3 is 24.4 Å². The van der Waals surface area contributed by atoms with E-state index >= 15 is 0 Å². The molecule has 0 aliphatic carbocycles. The second kappa shape index (κ2) is 9.11. The monoisotopic (exact) mass is 474 g/mol. The number of hydrogen-bond donors (Lipinski definition) is 1. The molecular formula is C26H38N2O6. The molecule has 2 amide bonds. The average Bonchev–Trinajstić information content (AvgIpc) is 3.07. The van der Waals surface area contributed by atoms with Crippen molar-refractivity contribution in [3.8, 4) is 0 Å². The Balaban J connectivity index is 1.84. The average molecular weight is 475 g/mol. The van der Waals surface area contributed by atoms with Crippen molar-refractivity contribution < 1.29 is 29.0 Å². The van der Waals surface area contributed by atoms with Gasteiger partial charge in [0.15, 0.2) is 0 Å². The first-order chi connectivity index (χ1) is 16.1. The summed E-state index contributed by atoms with van der Waals surface area (Å²) in [7, 11) is 0. The first-order valence-electron chi connectivity index (χ1n) is 12.5. The number of hydrogen-bond acceptors (Lipinski definition) is 6. The van der Waals surface area contributed by atoms with E-state index in [1.807, 2.05) is 52.0 Å². The van der Waals surface area contributed by atoms with Crippen LogP contribution in [0.25, 0.3) is 0 Å². The van der Waals surface area contributed by atoms with Crippen LogP contribution in [0.2, 0.25) is 0 Å². The lowest BCUT2D eigenvalue weighted by molar-refractivity contribution is -0.160. The smallest absolute Gasteiger partial charge is 0.313 e. The zero-order valence-electron chi connectivity index (χ0n) is 20.8. The standard InChI is InChI=1S/C26H38N2O6/c1-24(2,3)28-15-11-13-26-18(21(30)27(14-8-9-16-29)20(26)22(28)31)19-23(32)33-17-10-6-5-7-12-25(19,4)34-26/h7,11-13,18-20,29H,5-6,8-10,14-17H2,1-4H3/b12-7-/t18-,19+,20?,25-,26-/m0/s1. The number of cyclic esters (lactones) is 1. The zero-order chi connectivity index (χ0) is 24.7. The molecule has 1 spiro atoms. The Hall–Kier alpha value is -2.19. The second-order valence-corrected chi connectivity index (χ2v) is 11.0. The van der Waals surface area contributed by atoms with E-state index in [0.717, 1.165) is 19.3 Å². The Morgan fingerprint density at radius 2 is 1.82 bits per heavy atom. The predicted octanol–water partition coefficient (Wildman–Crippen LogP) is 2.21. The van der Waals surface area contributed by atoms with Crippen LogP contribution >= 0.6 is 0 Å². The predicted molar refractivity (Wildman–Crippen MR) is 126 cm³/mol. The van der Waals surface area contributed by atoms with Gasteiger partial charge in [0, 0.05) is 25.2 Å². The van der Waals surface area contributed by atoms with Crippen LogP contribution in [0.15, 0.2) is 24.3 Å². The maximum Gasteiger partial charge on any atom is 0.313 e. The number of aliphatic hydroxyl groups excluding tert-OH is 1. The van der Waals surface area contributed by atoms with E-state index in [9.17, 15) is 19.5 Å². The molecule has 1 N–H and O–H groups in total. The van der Waals surface area contributed by atoms with E-state index in [0.29, 0.717) is 32.5 Å². The highest BCUT2D eigenvalue weighted by atomic mass is 16.6. The van der Waals surface area contributed by atoms with E-state index in [2.05, 4.69) is 0 Å². The van der Waals surface area contributed by atoms with Gasteiger partial charge in [-0.1, -0.05) is 24.3 Å². The quantitative estimate of drug-likeness (QED) is 0.381. The number of fused-ring (bicyclic) bond motifs is 2. The van der Waals surface area contributed by atoms with Crippen molar-refractivity contribution in [2.24, 2.45) is 11.8 Å². The Kier molecular flexibility index (Phi) is 6.68. The second-order valence-electron chi connectivity index (χ2n) is 11.0. The van der Waals surface area contributed by atoms with Gasteiger partial charge in [0.25, 0.3) is 0 Å². The van der Waals surface area contributed by atoms with Gasteiger partial charge in [-0.2, -0.15) is 0 Å². The molecule has 2 fully saturated rings. The van der Waals surface area contributed by atoms with Gasteiger partial charge in [0.05, 0.1) is 18.1 Å². The molecule has 8 nitrogen and oxygen atoms in total. The molecule has 4 heterocycles. The molecule has 0 aromatic carbocycles. The highest BCUT2D eigenvalue weighted by molar-refractivity contribution is 5.99. The Morgan fingerprint density at radius 3 is 2.53 bits per heavy atom. The summed E-state index contributed by atoms with van der Waals surface area (Å²) >= 11 is 0. The molecule has 1 unspecified atom stereocenters. The van der Waals surface area contributed by atoms with Crippen molar-refractivity contribution >= 4 is 17.8 Å². The van der Waals surface area contributed by atoms with Gasteiger partial charge in [-0.15, -0.1) is 0 Å². The fourth-order valence-corrected chi connectivity index (χ4v) is 6.03. The number of likely N-dealkylation sites (tertiary alicyclic amines) is 1. The fraction of sp³-hybridized carbons (Fsp3) is 0.731. The van der Waals surface area contributed by atoms with Gasteiger partial charge in [-0.25, -0.2) is 0 Å². The van der Waals surface area contributed by atoms with Crippen molar-refractivity contribution in [2.45, 2.75) is 82.6 Å². The zero-order valence-corrected chi connectivity index (χ0v) is 20.8. The van der Waals surface area contributed by atoms with Crippen LogP contribution in [0.5, 0.6) is 0 Å².